The number of benzene rings is 1. The van der Waals surface area contributed by atoms with Crippen LogP contribution in [0.3, 0.4) is 0 Å². The lowest BCUT2D eigenvalue weighted by Gasteiger charge is -2.11. The number of rotatable bonds is 7. The molecule has 2 aromatic heterocycles. The van der Waals surface area contributed by atoms with Crippen molar-refractivity contribution in [3.63, 3.8) is 0 Å². The second kappa shape index (κ2) is 9.60. The Hall–Kier alpha value is -1.83. The van der Waals surface area contributed by atoms with E-state index in [1.54, 1.807) is 0 Å². The number of halogens is 2. The lowest BCUT2D eigenvalue weighted by Crippen LogP contribution is -2.09. The molecule has 9 heteroatoms. The van der Waals surface area contributed by atoms with Gasteiger partial charge in [-0.2, -0.15) is 0 Å². The van der Waals surface area contributed by atoms with Gasteiger partial charge in [0.05, 0.1) is 17.6 Å². The molecule has 1 aromatic carbocycles. The number of nitrogens with one attached hydrogen (secondary N) is 1. The predicted molar refractivity (Wildman–Crippen MR) is 105 cm³/mol. The Morgan fingerprint density at radius 1 is 1.20 bits per heavy atom. The molecule has 138 valence electrons. The first-order chi connectivity index (χ1) is 11.2. The van der Waals surface area contributed by atoms with Crippen molar-refractivity contribution in [2.75, 3.05) is 25.0 Å². The lowest BCUT2D eigenvalue weighted by molar-refractivity contribution is 0.340. The summed E-state index contributed by atoms with van der Waals surface area (Å²) in [7, 11) is 0. The van der Waals surface area contributed by atoms with E-state index in [2.05, 4.69) is 15.5 Å². The van der Waals surface area contributed by atoms with Crippen LogP contribution in [0.2, 0.25) is 0 Å². The van der Waals surface area contributed by atoms with E-state index in [4.69, 9.17) is 15.5 Å². The molecule has 0 amide bonds. The number of ether oxygens (including phenoxy) is 1. The van der Waals surface area contributed by atoms with E-state index in [-0.39, 0.29) is 24.8 Å². The van der Waals surface area contributed by atoms with Crippen LogP contribution in [0.25, 0.3) is 16.7 Å². The number of unbranched alkanes of at least 4 members (excludes halogenated alkanes) is 1. The Morgan fingerprint density at radius 3 is 2.72 bits per heavy atom. The summed E-state index contributed by atoms with van der Waals surface area (Å²) < 4.78 is 7.59. The minimum absolute atomic E-state index is 0. The maximum atomic E-state index is 5.58. The third-order valence-corrected chi connectivity index (χ3v) is 3.69. The van der Waals surface area contributed by atoms with Crippen LogP contribution in [0.4, 0.5) is 5.82 Å². The molecule has 7 nitrogen and oxygen atoms in total. The fraction of sp³-hybridized carbons (Fsp3) is 0.438. The highest BCUT2D eigenvalue weighted by molar-refractivity contribution is 5.86. The summed E-state index contributed by atoms with van der Waals surface area (Å²) in [6, 6.07) is 5.89. The average molecular weight is 387 g/mol. The smallest absolute Gasteiger partial charge is 0.204 e. The van der Waals surface area contributed by atoms with E-state index in [1.807, 2.05) is 36.4 Å². The molecule has 2 heterocycles. The molecule has 0 bridgehead atoms. The van der Waals surface area contributed by atoms with Crippen LogP contribution in [-0.2, 0) is 0 Å². The van der Waals surface area contributed by atoms with Crippen molar-refractivity contribution in [2.45, 2.75) is 26.7 Å². The Kier molecular flexibility index (Phi) is 8.15. The van der Waals surface area contributed by atoms with Crippen molar-refractivity contribution in [2.24, 2.45) is 5.73 Å². The van der Waals surface area contributed by atoms with Crippen LogP contribution >= 0.6 is 24.8 Å². The molecule has 0 saturated heterocycles. The van der Waals surface area contributed by atoms with E-state index in [0.717, 1.165) is 53.5 Å². The zero-order valence-electron chi connectivity index (χ0n) is 14.4. The summed E-state index contributed by atoms with van der Waals surface area (Å²) in [4.78, 5) is 4.71. The van der Waals surface area contributed by atoms with Crippen molar-refractivity contribution in [3.05, 3.63) is 24.0 Å². The molecular formula is C16H24Cl2N6O. The van der Waals surface area contributed by atoms with Gasteiger partial charge in [-0.05, 0) is 45.4 Å². The van der Waals surface area contributed by atoms with Crippen LogP contribution in [-0.4, -0.2) is 39.3 Å². The van der Waals surface area contributed by atoms with Gasteiger partial charge in [0.25, 0.3) is 0 Å². The third-order valence-electron chi connectivity index (χ3n) is 3.69. The number of aromatic nitrogens is 4. The van der Waals surface area contributed by atoms with E-state index in [9.17, 15) is 0 Å². The third kappa shape index (κ3) is 4.42. The highest BCUT2D eigenvalue weighted by Gasteiger charge is 2.13. The van der Waals surface area contributed by atoms with Crippen molar-refractivity contribution in [1.82, 2.24) is 19.6 Å². The van der Waals surface area contributed by atoms with E-state index >= 15 is 0 Å². The van der Waals surface area contributed by atoms with E-state index < -0.39 is 0 Å². The van der Waals surface area contributed by atoms with Gasteiger partial charge in [-0.15, -0.1) is 35.0 Å². The number of aryl methyl sites for hydroxylation is 1. The first kappa shape index (κ1) is 21.2. The highest BCUT2D eigenvalue weighted by atomic mass is 35.5. The maximum Gasteiger partial charge on any atom is 0.204 e. The van der Waals surface area contributed by atoms with Gasteiger partial charge in [-0.3, -0.25) is 4.40 Å². The molecule has 0 aliphatic heterocycles. The van der Waals surface area contributed by atoms with E-state index in [0.29, 0.717) is 13.2 Å². The normalized spacial score (nSPS) is 10.4. The average Bonchev–Trinajstić information content (AvgIpc) is 2.94. The fourth-order valence-electron chi connectivity index (χ4n) is 2.61. The van der Waals surface area contributed by atoms with Gasteiger partial charge in [0.15, 0.2) is 5.82 Å². The van der Waals surface area contributed by atoms with Gasteiger partial charge in [0, 0.05) is 12.6 Å². The van der Waals surface area contributed by atoms with Gasteiger partial charge in [0.1, 0.15) is 11.6 Å². The van der Waals surface area contributed by atoms with Crippen LogP contribution in [0, 0.1) is 6.92 Å². The summed E-state index contributed by atoms with van der Waals surface area (Å²) in [5.74, 6) is 2.39. The van der Waals surface area contributed by atoms with Gasteiger partial charge >= 0.3 is 0 Å². The number of fused-ring (bicyclic) bond motifs is 3. The molecule has 0 radical (unpaired) electrons. The van der Waals surface area contributed by atoms with Crippen LogP contribution < -0.4 is 15.8 Å². The van der Waals surface area contributed by atoms with Gasteiger partial charge in [0.2, 0.25) is 5.65 Å². The quantitative estimate of drug-likeness (QED) is 0.606. The number of nitrogens with two attached hydrogens (primary N) is 1. The van der Waals surface area contributed by atoms with Crippen molar-refractivity contribution < 1.29 is 4.74 Å². The molecule has 0 aliphatic rings. The standard InChI is InChI=1S/C16H22N6O.2ClH/c1-3-23-12-6-7-14-13(10-12)19-15(18-9-5-4-8-17)16-21-20-11(2)22(14)16;;/h6-7,10H,3-5,8-9,17H2,1-2H3,(H,18,19);2*1H. The molecule has 3 N–H and O–H groups in total. The number of hydrogen-bond donors (Lipinski definition) is 2. The summed E-state index contributed by atoms with van der Waals surface area (Å²) in [6.07, 6.45) is 1.98. The fourth-order valence-corrected chi connectivity index (χ4v) is 2.61. The van der Waals surface area contributed by atoms with E-state index in [1.165, 1.54) is 0 Å². The van der Waals surface area contributed by atoms with Crippen LogP contribution in [0.5, 0.6) is 5.75 Å². The van der Waals surface area contributed by atoms with Crippen molar-refractivity contribution in [1.29, 1.82) is 0 Å². The molecule has 0 spiro atoms. The van der Waals surface area contributed by atoms with Gasteiger partial charge < -0.3 is 15.8 Å². The topological polar surface area (TPSA) is 90.4 Å². The molecule has 0 unspecified atom stereocenters. The maximum absolute atomic E-state index is 5.58. The molecule has 0 aliphatic carbocycles. The largest absolute Gasteiger partial charge is 0.494 e. The predicted octanol–water partition coefficient (Wildman–Crippen LogP) is 2.98. The Morgan fingerprint density at radius 2 is 2.00 bits per heavy atom. The van der Waals surface area contributed by atoms with Crippen molar-refractivity contribution >= 4 is 47.3 Å². The minimum atomic E-state index is 0. The van der Waals surface area contributed by atoms with Gasteiger partial charge in [-0.1, -0.05) is 0 Å². The second-order valence-electron chi connectivity index (χ2n) is 5.37. The molecule has 25 heavy (non-hydrogen) atoms. The first-order valence-electron chi connectivity index (χ1n) is 7.96. The SMILES string of the molecule is CCOc1ccc2c(c1)nc(NCCCCN)c1nnc(C)n12.Cl.Cl. The summed E-state index contributed by atoms with van der Waals surface area (Å²) in [6.45, 7) is 6.04. The minimum Gasteiger partial charge on any atom is -0.494 e. The molecule has 3 rings (SSSR count). The summed E-state index contributed by atoms with van der Waals surface area (Å²) in [5, 5.41) is 11.8. The number of hydrogen-bond acceptors (Lipinski definition) is 6. The zero-order chi connectivity index (χ0) is 16.2. The molecule has 0 atom stereocenters. The Balaban J connectivity index is 0.00000156. The first-order valence-corrected chi connectivity index (χ1v) is 7.96. The Bertz CT molecular complexity index is 823. The van der Waals surface area contributed by atoms with Crippen molar-refractivity contribution in [3.8, 4) is 5.75 Å². The highest BCUT2D eigenvalue weighted by Crippen LogP contribution is 2.25. The monoisotopic (exact) mass is 386 g/mol. The van der Waals surface area contributed by atoms with Crippen LogP contribution in [0.1, 0.15) is 25.6 Å². The zero-order valence-corrected chi connectivity index (χ0v) is 16.0. The lowest BCUT2D eigenvalue weighted by atomic mass is 10.2. The molecular weight excluding hydrogens is 363 g/mol. The summed E-state index contributed by atoms with van der Waals surface area (Å²) in [5.41, 5.74) is 8.11. The second-order valence-corrected chi connectivity index (χ2v) is 5.37. The summed E-state index contributed by atoms with van der Waals surface area (Å²) >= 11 is 0. The number of anilines is 1. The van der Waals surface area contributed by atoms with Gasteiger partial charge in [-0.25, -0.2) is 4.98 Å². The molecule has 3 aromatic rings. The Labute approximate surface area is 159 Å². The van der Waals surface area contributed by atoms with Crippen LogP contribution in [0.15, 0.2) is 18.2 Å². The molecule has 0 fully saturated rings. The molecule has 0 saturated carbocycles. The number of nitrogens with zero attached hydrogens (tertiary/aromatic N) is 4.